The molecule has 0 bridgehead atoms. The van der Waals surface area contributed by atoms with Crippen LogP contribution < -0.4 is 25.1 Å². The number of benzene rings is 2. The number of hydrogen-bond donors (Lipinski definition) is 2. The lowest BCUT2D eigenvalue weighted by atomic mass is 10.0. The molecule has 2 N–H and O–H groups in total. The molecule has 0 aliphatic carbocycles. The van der Waals surface area contributed by atoms with Crippen LogP contribution in [0.2, 0.25) is 0 Å². The van der Waals surface area contributed by atoms with E-state index in [4.69, 9.17) is 14.2 Å². The predicted molar refractivity (Wildman–Crippen MR) is 136 cm³/mol. The van der Waals surface area contributed by atoms with Crippen LogP contribution in [0, 0.1) is 0 Å². The molecule has 0 saturated carbocycles. The molecule has 8 heteroatoms. The third-order valence-electron chi connectivity index (χ3n) is 6.50. The summed E-state index contributed by atoms with van der Waals surface area (Å²) in [7, 11) is 0. The summed E-state index contributed by atoms with van der Waals surface area (Å²) in [4.78, 5) is 17.9. The number of nitrogens with zero attached hydrogens (tertiary/aromatic N) is 2. The second-order valence-corrected chi connectivity index (χ2v) is 8.79. The number of ether oxygens (including phenoxy) is 3. The first-order chi connectivity index (χ1) is 17.1. The summed E-state index contributed by atoms with van der Waals surface area (Å²) >= 11 is 0. The van der Waals surface area contributed by atoms with Crippen LogP contribution in [0.25, 0.3) is 0 Å². The monoisotopic (exact) mass is 482 g/mol. The molecule has 4 rings (SSSR count). The van der Waals surface area contributed by atoms with E-state index < -0.39 is 0 Å². The van der Waals surface area contributed by atoms with Gasteiger partial charge in [0.25, 0.3) is 5.91 Å². The van der Waals surface area contributed by atoms with Gasteiger partial charge in [-0.1, -0.05) is 30.3 Å². The highest BCUT2D eigenvalue weighted by atomic mass is 16.5. The molecule has 1 amide bonds. The molecule has 190 valence electrons. The fraction of sp³-hybridized carbons (Fsp3) is 0.519. The van der Waals surface area contributed by atoms with Crippen molar-refractivity contribution in [3.63, 3.8) is 0 Å². The molecule has 2 unspecified atom stereocenters. The Labute approximate surface area is 208 Å². The molecule has 0 aromatic heterocycles. The number of amides is 1. The second kappa shape index (κ2) is 12.2. The molecule has 0 radical (unpaired) electrons. The van der Waals surface area contributed by atoms with E-state index in [0.717, 1.165) is 32.5 Å². The highest BCUT2D eigenvalue weighted by molar-refractivity contribution is 5.95. The molecule has 2 aliphatic rings. The zero-order valence-corrected chi connectivity index (χ0v) is 21.1. The Morgan fingerprint density at radius 2 is 1.57 bits per heavy atom. The molecule has 2 aliphatic heterocycles. The lowest BCUT2D eigenvalue weighted by Gasteiger charge is -2.27. The highest BCUT2D eigenvalue weighted by Crippen LogP contribution is 2.39. The minimum atomic E-state index is -0.00327. The molecule has 2 atom stereocenters. The zero-order chi connectivity index (χ0) is 24.6. The summed E-state index contributed by atoms with van der Waals surface area (Å²) in [6.45, 7) is 10.4. The largest absolute Gasteiger partial charge is 0.490 e. The van der Waals surface area contributed by atoms with Crippen molar-refractivity contribution < 1.29 is 19.0 Å². The lowest BCUT2D eigenvalue weighted by molar-refractivity contribution is 0.0755. The predicted octanol–water partition coefficient (Wildman–Crippen LogP) is 3.60. The van der Waals surface area contributed by atoms with E-state index in [-0.39, 0.29) is 12.1 Å². The molecule has 35 heavy (non-hydrogen) atoms. The Bertz CT molecular complexity index is 944. The van der Waals surface area contributed by atoms with Crippen LogP contribution in [0.15, 0.2) is 42.5 Å². The third-order valence-corrected chi connectivity index (χ3v) is 6.50. The molecule has 2 aromatic carbocycles. The molecule has 2 fully saturated rings. The Kier molecular flexibility index (Phi) is 8.84. The van der Waals surface area contributed by atoms with E-state index in [1.165, 1.54) is 5.56 Å². The molecule has 2 heterocycles. The SMILES string of the molecule is CCOc1cc(C(=O)N2CCCN(C3CC(c4ccccc4)NN3)CC2)cc(OCC)c1OCC. The van der Waals surface area contributed by atoms with Crippen molar-refractivity contribution in [2.24, 2.45) is 0 Å². The van der Waals surface area contributed by atoms with Crippen molar-refractivity contribution in [1.82, 2.24) is 20.7 Å². The van der Waals surface area contributed by atoms with E-state index in [2.05, 4.69) is 40.0 Å². The van der Waals surface area contributed by atoms with Crippen molar-refractivity contribution in [3.8, 4) is 17.2 Å². The first kappa shape index (κ1) is 25.3. The second-order valence-electron chi connectivity index (χ2n) is 8.79. The van der Waals surface area contributed by atoms with Crippen LogP contribution in [-0.4, -0.2) is 67.9 Å². The lowest BCUT2D eigenvalue weighted by Crippen LogP contribution is -2.46. The standard InChI is InChI=1S/C27H38N4O4/c1-4-33-23-17-21(18-24(34-5-2)26(23)35-6-3)27(32)31-14-10-13-30(15-16-31)25-19-22(28-29-25)20-11-8-7-9-12-20/h7-9,11-12,17-18,22,25,28-29H,4-6,10,13-16,19H2,1-3H3. The van der Waals surface area contributed by atoms with Crippen molar-refractivity contribution >= 4 is 5.91 Å². The minimum absolute atomic E-state index is 0.00327. The van der Waals surface area contributed by atoms with Crippen LogP contribution in [0.3, 0.4) is 0 Å². The van der Waals surface area contributed by atoms with Gasteiger partial charge in [-0.25, -0.2) is 10.9 Å². The van der Waals surface area contributed by atoms with Crippen LogP contribution >= 0.6 is 0 Å². The maximum absolute atomic E-state index is 13.5. The Morgan fingerprint density at radius 1 is 0.886 bits per heavy atom. The van der Waals surface area contributed by atoms with Gasteiger partial charge in [-0.2, -0.15) is 0 Å². The van der Waals surface area contributed by atoms with Crippen molar-refractivity contribution in [2.45, 2.75) is 45.8 Å². The Hall–Kier alpha value is -2.81. The topological polar surface area (TPSA) is 75.3 Å². The summed E-state index contributed by atoms with van der Waals surface area (Å²) in [6, 6.07) is 14.4. The third kappa shape index (κ3) is 6.07. The normalized spacial score (nSPS) is 20.9. The quantitative estimate of drug-likeness (QED) is 0.566. The number of rotatable bonds is 9. The summed E-state index contributed by atoms with van der Waals surface area (Å²) < 4.78 is 17.4. The number of hydrazine groups is 1. The van der Waals surface area contributed by atoms with Gasteiger partial charge in [0.2, 0.25) is 5.75 Å². The van der Waals surface area contributed by atoms with Crippen LogP contribution in [-0.2, 0) is 0 Å². The first-order valence-electron chi connectivity index (χ1n) is 12.8. The van der Waals surface area contributed by atoms with Gasteiger partial charge in [-0.3, -0.25) is 9.69 Å². The summed E-state index contributed by atoms with van der Waals surface area (Å²) in [5.74, 6) is 1.65. The van der Waals surface area contributed by atoms with Gasteiger partial charge in [0.15, 0.2) is 11.5 Å². The van der Waals surface area contributed by atoms with E-state index >= 15 is 0 Å². The first-order valence-corrected chi connectivity index (χ1v) is 12.8. The molecule has 8 nitrogen and oxygen atoms in total. The van der Waals surface area contributed by atoms with Crippen LogP contribution in [0.5, 0.6) is 17.2 Å². The average Bonchev–Trinajstić information content (AvgIpc) is 3.24. The van der Waals surface area contributed by atoms with Gasteiger partial charge < -0.3 is 19.1 Å². The van der Waals surface area contributed by atoms with Gasteiger partial charge >= 0.3 is 0 Å². The Balaban J connectivity index is 1.43. The van der Waals surface area contributed by atoms with Crippen molar-refractivity contribution in [2.75, 3.05) is 46.0 Å². The molecule has 2 saturated heterocycles. The molecular formula is C27H38N4O4. The van der Waals surface area contributed by atoms with E-state index in [1.54, 1.807) is 12.1 Å². The van der Waals surface area contributed by atoms with Gasteiger partial charge in [0.1, 0.15) is 0 Å². The number of carbonyl (C=O) groups excluding carboxylic acids is 1. The smallest absolute Gasteiger partial charge is 0.254 e. The molecular weight excluding hydrogens is 444 g/mol. The maximum Gasteiger partial charge on any atom is 0.254 e. The van der Waals surface area contributed by atoms with Crippen LogP contribution in [0.1, 0.15) is 55.6 Å². The fourth-order valence-corrected chi connectivity index (χ4v) is 4.83. The number of carbonyl (C=O) groups is 1. The number of hydrogen-bond acceptors (Lipinski definition) is 7. The van der Waals surface area contributed by atoms with E-state index in [1.807, 2.05) is 31.7 Å². The van der Waals surface area contributed by atoms with Crippen LogP contribution in [0.4, 0.5) is 0 Å². The highest BCUT2D eigenvalue weighted by Gasteiger charge is 2.31. The zero-order valence-electron chi connectivity index (χ0n) is 21.1. The fourth-order valence-electron chi connectivity index (χ4n) is 4.83. The van der Waals surface area contributed by atoms with E-state index in [9.17, 15) is 4.79 Å². The van der Waals surface area contributed by atoms with Gasteiger partial charge in [0, 0.05) is 37.8 Å². The summed E-state index contributed by atoms with van der Waals surface area (Å²) in [5, 5.41) is 0. The van der Waals surface area contributed by atoms with E-state index in [0.29, 0.717) is 55.2 Å². The number of nitrogens with one attached hydrogen (secondary N) is 2. The van der Waals surface area contributed by atoms with Gasteiger partial charge in [0.05, 0.1) is 26.0 Å². The Morgan fingerprint density at radius 3 is 2.23 bits per heavy atom. The summed E-state index contributed by atoms with van der Waals surface area (Å²) in [5.41, 5.74) is 8.77. The van der Waals surface area contributed by atoms with Gasteiger partial charge in [-0.15, -0.1) is 0 Å². The molecule has 2 aromatic rings. The average molecular weight is 483 g/mol. The van der Waals surface area contributed by atoms with Crippen molar-refractivity contribution in [3.05, 3.63) is 53.6 Å². The van der Waals surface area contributed by atoms with Gasteiger partial charge in [-0.05, 0) is 51.3 Å². The maximum atomic E-state index is 13.5. The minimum Gasteiger partial charge on any atom is -0.490 e. The molecule has 0 spiro atoms. The summed E-state index contributed by atoms with van der Waals surface area (Å²) in [6.07, 6.45) is 2.16. The van der Waals surface area contributed by atoms with Crippen molar-refractivity contribution in [1.29, 1.82) is 0 Å².